The number of furan rings is 2. The Morgan fingerprint density at radius 2 is 1.18 bits per heavy atom. The third-order valence-electron chi connectivity index (χ3n) is 19.8. The van der Waals surface area contributed by atoms with E-state index in [1.165, 1.54) is 12.5 Å². The van der Waals surface area contributed by atoms with E-state index in [9.17, 15) is 19.2 Å². The van der Waals surface area contributed by atoms with E-state index in [-0.39, 0.29) is 92.0 Å². The molecule has 4 N–H and O–H groups in total. The van der Waals surface area contributed by atoms with Crippen molar-refractivity contribution in [3.05, 3.63) is 72.2 Å². The van der Waals surface area contributed by atoms with Crippen molar-refractivity contribution in [3.8, 4) is 0 Å². The average Bonchev–Trinajstić information content (AvgIpc) is 1.35. The van der Waals surface area contributed by atoms with Gasteiger partial charge in [-0.1, -0.05) is 71.5 Å². The van der Waals surface area contributed by atoms with E-state index in [1.54, 1.807) is 16.1 Å². The lowest BCUT2D eigenvalue weighted by molar-refractivity contribution is -0.199. The second-order valence-electron chi connectivity index (χ2n) is 28.1. The van der Waals surface area contributed by atoms with Crippen molar-refractivity contribution in [2.24, 2.45) is 45.2 Å². The molecule has 12 atom stereocenters. The molecule has 0 radical (unpaired) electrons. The fourth-order valence-electron chi connectivity index (χ4n) is 15.1. The number of amides is 4. The quantitative estimate of drug-likeness (QED) is 0.0724. The van der Waals surface area contributed by atoms with E-state index >= 15 is 0 Å². The summed E-state index contributed by atoms with van der Waals surface area (Å²) in [6.07, 6.45) is 13.8. The second-order valence-corrected chi connectivity index (χ2v) is 28.1. The van der Waals surface area contributed by atoms with Crippen LogP contribution < -0.4 is 16.4 Å². The number of isocyanates is 1. The summed E-state index contributed by atoms with van der Waals surface area (Å²) in [5.41, 5.74) is 9.30. The van der Waals surface area contributed by atoms with E-state index in [1.807, 2.05) is 90.3 Å². The number of fused-ring (bicyclic) bond motifs is 2. The van der Waals surface area contributed by atoms with Crippen molar-refractivity contribution in [1.29, 1.82) is 0 Å². The van der Waals surface area contributed by atoms with Gasteiger partial charge in [0.05, 0.1) is 60.5 Å². The number of hydrogen-bond acceptors (Lipinski definition) is 14. The lowest BCUT2D eigenvalue weighted by Crippen LogP contribution is -2.65. The number of benzene rings is 2. The highest BCUT2D eigenvalue weighted by molar-refractivity contribution is 6.48. The van der Waals surface area contributed by atoms with Crippen LogP contribution in [0, 0.1) is 34.5 Å². The van der Waals surface area contributed by atoms with Gasteiger partial charge >= 0.3 is 32.5 Å². The molecule has 10 aliphatic rings. The smallest absolute Gasteiger partial charge is 0.464 e. The van der Waals surface area contributed by atoms with Gasteiger partial charge in [0.2, 0.25) is 6.08 Å². The molecule has 0 unspecified atom stereocenters. The number of carbonyl (C=O) groups is 3. The minimum atomic E-state index is -0.579. The molecule has 6 aliphatic carbocycles. The van der Waals surface area contributed by atoms with E-state index < -0.39 is 24.3 Å². The third-order valence-corrected chi connectivity index (χ3v) is 19.8. The molecular formula is C63H93B2ClN6O12. The van der Waals surface area contributed by atoms with Crippen LogP contribution in [0.15, 0.2) is 74.9 Å². The molecule has 10 fully saturated rings. The Morgan fingerprint density at radius 1 is 0.714 bits per heavy atom. The fourth-order valence-corrected chi connectivity index (χ4v) is 15.1. The van der Waals surface area contributed by atoms with E-state index in [4.69, 9.17) is 42.7 Å². The van der Waals surface area contributed by atoms with Crippen LogP contribution in [0.1, 0.15) is 153 Å². The molecule has 6 heterocycles. The van der Waals surface area contributed by atoms with Crippen LogP contribution in [0.25, 0.3) is 21.9 Å². The molecular weight excluding hydrogens is 1090 g/mol. The van der Waals surface area contributed by atoms with Gasteiger partial charge in [0.15, 0.2) is 0 Å². The van der Waals surface area contributed by atoms with Crippen LogP contribution in [-0.2, 0) is 45.7 Å². The monoisotopic (exact) mass is 1180 g/mol. The normalized spacial score (nSPS) is 30.0. The summed E-state index contributed by atoms with van der Waals surface area (Å²) in [6, 6.07) is 15.6. The summed E-state index contributed by atoms with van der Waals surface area (Å²) in [6.45, 7) is 26.9. The summed E-state index contributed by atoms with van der Waals surface area (Å²) in [7, 11) is -0.914. The van der Waals surface area contributed by atoms with E-state index in [0.29, 0.717) is 62.2 Å². The molecule has 84 heavy (non-hydrogen) atoms. The van der Waals surface area contributed by atoms with Crippen LogP contribution in [0.4, 0.5) is 14.4 Å². The van der Waals surface area contributed by atoms with E-state index in [0.717, 1.165) is 83.9 Å². The van der Waals surface area contributed by atoms with Gasteiger partial charge in [-0.15, -0.1) is 12.4 Å². The van der Waals surface area contributed by atoms with Gasteiger partial charge < -0.3 is 63.1 Å². The maximum atomic E-state index is 13.3. The van der Waals surface area contributed by atoms with Gasteiger partial charge in [0, 0.05) is 36.3 Å². The number of nitrogens with one attached hydrogen (secondary N) is 2. The molecule has 4 amide bonds. The van der Waals surface area contributed by atoms with E-state index in [2.05, 4.69) is 63.2 Å². The first-order chi connectivity index (χ1) is 38.7. The molecule has 18 nitrogen and oxygen atoms in total. The third kappa shape index (κ3) is 13.1. The molecule has 4 bridgehead atoms. The Hall–Kier alpha value is -5.07. The zero-order valence-corrected chi connectivity index (χ0v) is 51.6. The summed E-state index contributed by atoms with van der Waals surface area (Å²) < 4.78 is 48.5. The number of hydrogen-bond donors (Lipinski definition) is 3. The standard InChI is InChI=1S/C31H44BN3O6.C20H26BNO3.C11H18N2O3.CH4.ClH/c1-29(2,3)39-28(37)35-13-9-10-21(35)17-33-27(36)34-26(14-19-18-38-23-12-8-7-11-22(19)23)32-40-25-16-20-15-24(30(20,4)5)31(25,6)41-32;1-19(2)13-9-16(19)20(3)17(10-13)24-21(25-20)18(22)8-12-11-23-15-7-5-4-6-14(12)15;1-11(2,3)16-10(15)13-6-4-5-9(13)7-12-8-14;;/h7-8,11-12,18,20-21,24-26H,9-10,13-17H2,1-6H3,(H2,33,34,36);4-7,11,13,16-18H,8-10,22H2,1-3H3;9H,4-7H2,1-3H3;1H4;1H/t20-,21+,24-,25+,26-,31-;13-,16-,17+,18-,20-;9-;;/m001../s1. The number of aliphatic imine (C=N–C) groups is 1. The number of para-hydroxylation sites is 2. The van der Waals surface area contributed by atoms with Gasteiger partial charge in [-0.05, 0) is 177 Å². The Balaban J connectivity index is 0.000000182. The Kier molecular flexibility index (Phi) is 19.3. The summed E-state index contributed by atoms with van der Waals surface area (Å²) in [5, 5.41) is 8.32. The minimum Gasteiger partial charge on any atom is -0.464 e. The Labute approximate surface area is 504 Å². The largest absolute Gasteiger partial charge is 0.482 e. The Bertz CT molecular complexity index is 3010. The highest BCUT2D eigenvalue weighted by atomic mass is 35.5. The number of carbonyl (C=O) groups excluding carboxylic acids is 4. The van der Waals surface area contributed by atoms with Crippen molar-refractivity contribution in [3.63, 3.8) is 0 Å². The molecule has 4 aliphatic heterocycles. The number of urea groups is 1. The maximum Gasteiger partial charge on any atom is 0.482 e. The van der Waals surface area contributed by atoms with Crippen molar-refractivity contribution in [2.75, 3.05) is 26.2 Å². The number of nitrogens with two attached hydrogens (primary N) is 1. The molecule has 21 heteroatoms. The first-order valence-corrected chi connectivity index (χ1v) is 30.1. The first-order valence-electron chi connectivity index (χ1n) is 30.1. The zero-order chi connectivity index (χ0) is 58.7. The van der Waals surface area contributed by atoms with Crippen molar-refractivity contribution in [1.82, 2.24) is 20.4 Å². The lowest BCUT2D eigenvalue weighted by Gasteiger charge is -2.64. The van der Waals surface area contributed by atoms with Crippen LogP contribution in [-0.4, -0.2) is 133 Å². The predicted molar refractivity (Wildman–Crippen MR) is 327 cm³/mol. The average molecular weight is 1180 g/mol. The molecule has 6 saturated carbocycles. The second kappa shape index (κ2) is 25.0. The number of rotatable bonds is 11. The molecule has 2 aromatic carbocycles. The number of ether oxygens (including phenoxy) is 2. The molecule has 4 saturated heterocycles. The SMILES string of the molecule is C.CC(C)(C)OC(=O)N1CCC[C@@H]1CN=C=O.CC(C)(C)OC(=O)N1CCC[C@@H]1CNC(=O)N[C@@H](Cc1coc2ccccc12)B1O[C@@H]2C[C@@H]3C[C@@H](C3(C)C)[C@]2(C)O1.CC1(C)[C@@H]2C[C@H]3OB([C@@H](N)Cc4coc5ccccc45)O[C@@]3(C)[C@H]1C2.Cl. The zero-order valence-electron chi connectivity index (χ0n) is 50.8. The summed E-state index contributed by atoms with van der Waals surface area (Å²) >= 11 is 0. The van der Waals surface area contributed by atoms with Gasteiger partial charge in [0.1, 0.15) is 22.4 Å². The van der Waals surface area contributed by atoms with Gasteiger partial charge in [0.25, 0.3) is 0 Å². The fraction of sp³-hybridized carbons (Fsp3) is 0.683. The maximum absolute atomic E-state index is 13.3. The molecule has 0 spiro atoms. The highest BCUT2D eigenvalue weighted by Gasteiger charge is 2.70. The predicted octanol–water partition coefficient (Wildman–Crippen LogP) is 11.7. The van der Waals surface area contributed by atoms with Gasteiger partial charge in [-0.2, -0.15) is 0 Å². The highest BCUT2D eigenvalue weighted by Crippen LogP contribution is 2.67. The molecule has 2 aromatic heterocycles. The number of nitrogens with zero attached hydrogens (tertiary/aromatic N) is 3. The minimum absolute atomic E-state index is 0. The Morgan fingerprint density at radius 3 is 1.68 bits per heavy atom. The first kappa shape index (κ1) is 64.9. The lowest BCUT2D eigenvalue weighted by atomic mass is 9.43. The van der Waals surface area contributed by atoms with Gasteiger partial charge in [-0.25, -0.2) is 24.2 Å². The van der Waals surface area contributed by atoms with Crippen LogP contribution in [0.5, 0.6) is 0 Å². The molecule has 4 aromatic rings. The number of likely N-dealkylation sites (tertiary alicyclic amines) is 2. The molecule has 460 valence electrons. The summed E-state index contributed by atoms with van der Waals surface area (Å²) in [4.78, 5) is 54.8. The van der Waals surface area contributed by atoms with Gasteiger partial charge in [-0.3, -0.25) is 0 Å². The number of halogens is 1. The van der Waals surface area contributed by atoms with Crippen molar-refractivity contribution >= 4 is 72.9 Å². The van der Waals surface area contributed by atoms with Crippen molar-refractivity contribution in [2.45, 2.75) is 213 Å². The van der Waals surface area contributed by atoms with Crippen LogP contribution in [0.2, 0.25) is 0 Å². The topological polar surface area (TPSA) is 219 Å². The van der Waals surface area contributed by atoms with Crippen molar-refractivity contribution < 1.29 is 56.1 Å². The van der Waals surface area contributed by atoms with Crippen LogP contribution >= 0.6 is 12.4 Å². The summed E-state index contributed by atoms with van der Waals surface area (Å²) in [5.74, 6) is 1.77. The van der Waals surface area contributed by atoms with Crippen LogP contribution in [0.3, 0.4) is 0 Å². The molecule has 14 rings (SSSR count).